The molecule has 6 aliphatic carbocycles. The van der Waals surface area contributed by atoms with Crippen LogP contribution in [0.15, 0.2) is 12.2 Å². The van der Waals surface area contributed by atoms with Crippen molar-refractivity contribution >= 4 is 0 Å². The van der Waals surface area contributed by atoms with E-state index in [1.165, 1.54) is 12.8 Å². The van der Waals surface area contributed by atoms with E-state index < -0.39 is 11.8 Å². The van der Waals surface area contributed by atoms with Gasteiger partial charge >= 0.3 is 0 Å². The maximum atomic E-state index is 11.9. The molecule has 9 bridgehead atoms. The molecule has 3 heterocycles. The van der Waals surface area contributed by atoms with Gasteiger partial charge in [0, 0.05) is 35.8 Å². The van der Waals surface area contributed by atoms with Gasteiger partial charge in [0.05, 0.1) is 12.2 Å². The van der Waals surface area contributed by atoms with Crippen LogP contribution in [0.25, 0.3) is 0 Å². The summed E-state index contributed by atoms with van der Waals surface area (Å²) in [4.78, 5) is 2.45. The summed E-state index contributed by atoms with van der Waals surface area (Å²) in [6.07, 6.45) is 4.26. The zero-order valence-electron chi connectivity index (χ0n) is 14.3. The fourth-order valence-corrected chi connectivity index (χ4v) is 10.6. The molecule has 3 saturated heterocycles. The highest BCUT2D eigenvalue weighted by atomic mass is 16.3. The molecule has 0 radical (unpaired) electrons. The van der Waals surface area contributed by atoms with Gasteiger partial charge in [-0.1, -0.05) is 19.9 Å². The summed E-state index contributed by atoms with van der Waals surface area (Å²) in [5, 5.41) is 34.4. The van der Waals surface area contributed by atoms with Gasteiger partial charge in [0.25, 0.3) is 0 Å². The SMILES string of the molecule is C=C1C2CC3C4N5C[C@@]6(C)CCC[C@@]47[C@@H]([C@@H]2O)C3(C[C@@]5(O)[C@@H]67)[C@H]1O. The highest BCUT2D eigenvalue weighted by molar-refractivity contribution is 5.45. The van der Waals surface area contributed by atoms with Crippen LogP contribution in [0.2, 0.25) is 0 Å². The molecule has 3 aliphatic heterocycles. The first-order valence-corrected chi connectivity index (χ1v) is 9.86. The number of nitrogens with zero attached hydrogens (tertiary/aromatic N) is 1. The summed E-state index contributed by atoms with van der Waals surface area (Å²) in [6, 6.07) is 0.377. The fourth-order valence-electron chi connectivity index (χ4n) is 10.6. The van der Waals surface area contributed by atoms with Gasteiger partial charge in [-0.25, -0.2) is 0 Å². The Morgan fingerprint density at radius 1 is 1.21 bits per heavy atom. The van der Waals surface area contributed by atoms with E-state index in [0.717, 1.165) is 25.0 Å². The minimum Gasteiger partial charge on any atom is -0.392 e. The second kappa shape index (κ2) is 3.28. The lowest BCUT2D eigenvalue weighted by molar-refractivity contribution is -0.272. The Balaban J connectivity index is 1.57. The molecule has 9 fully saturated rings. The Morgan fingerprint density at radius 3 is 2.79 bits per heavy atom. The van der Waals surface area contributed by atoms with Crippen LogP contribution in [0, 0.1) is 39.9 Å². The van der Waals surface area contributed by atoms with E-state index in [9.17, 15) is 15.3 Å². The van der Waals surface area contributed by atoms with Crippen molar-refractivity contribution in [3.05, 3.63) is 12.2 Å². The Hall–Kier alpha value is -0.420. The maximum absolute atomic E-state index is 11.9. The Bertz CT molecular complexity index is 724. The Morgan fingerprint density at radius 2 is 2.00 bits per heavy atom. The molecule has 5 unspecified atom stereocenters. The zero-order valence-corrected chi connectivity index (χ0v) is 14.3. The first kappa shape index (κ1) is 13.7. The summed E-state index contributed by atoms with van der Waals surface area (Å²) in [6.45, 7) is 7.56. The van der Waals surface area contributed by atoms with Gasteiger partial charge in [-0.05, 0) is 48.0 Å². The average Bonchev–Trinajstić information content (AvgIpc) is 2.88. The van der Waals surface area contributed by atoms with Crippen molar-refractivity contribution in [3.63, 3.8) is 0 Å². The highest BCUT2D eigenvalue weighted by Crippen LogP contribution is 2.88. The number of aliphatic hydroxyl groups excluding tert-OH is 2. The van der Waals surface area contributed by atoms with Crippen LogP contribution in [0.5, 0.6) is 0 Å². The molecule has 12 atom stereocenters. The van der Waals surface area contributed by atoms with Gasteiger partial charge in [0.2, 0.25) is 0 Å². The van der Waals surface area contributed by atoms with Crippen LogP contribution in [-0.2, 0) is 0 Å². The molecule has 24 heavy (non-hydrogen) atoms. The van der Waals surface area contributed by atoms with Crippen molar-refractivity contribution in [2.45, 2.75) is 63.0 Å². The van der Waals surface area contributed by atoms with Gasteiger partial charge < -0.3 is 15.3 Å². The van der Waals surface area contributed by atoms with E-state index >= 15 is 0 Å². The topological polar surface area (TPSA) is 63.9 Å². The van der Waals surface area contributed by atoms with Gasteiger partial charge in [0.15, 0.2) is 0 Å². The quantitative estimate of drug-likeness (QED) is 0.583. The summed E-state index contributed by atoms with van der Waals surface area (Å²) >= 11 is 0. The van der Waals surface area contributed by atoms with Gasteiger partial charge in [-0.3, -0.25) is 4.90 Å². The Labute approximate surface area is 142 Å². The maximum Gasteiger partial charge on any atom is 0.123 e. The van der Waals surface area contributed by atoms with E-state index in [2.05, 4.69) is 18.4 Å². The molecule has 9 aliphatic rings. The molecule has 0 aromatic rings. The van der Waals surface area contributed by atoms with E-state index in [4.69, 9.17) is 0 Å². The third kappa shape index (κ3) is 0.903. The normalized spacial score (nSPS) is 76.1. The lowest BCUT2D eigenvalue weighted by Crippen LogP contribution is -2.71. The van der Waals surface area contributed by atoms with E-state index in [0.29, 0.717) is 18.4 Å². The molecule has 4 nitrogen and oxygen atoms in total. The molecular formula is C20H27NO3. The predicted molar refractivity (Wildman–Crippen MR) is 86.6 cm³/mol. The van der Waals surface area contributed by atoms with E-state index in [-0.39, 0.29) is 40.1 Å². The number of fused-ring (bicyclic) bond motifs is 1. The van der Waals surface area contributed by atoms with Gasteiger partial charge in [-0.15, -0.1) is 0 Å². The smallest absolute Gasteiger partial charge is 0.123 e. The molecular weight excluding hydrogens is 302 g/mol. The van der Waals surface area contributed by atoms with Gasteiger partial charge in [0.1, 0.15) is 5.72 Å². The molecule has 0 aromatic carbocycles. The van der Waals surface area contributed by atoms with Crippen LogP contribution in [-0.4, -0.2) is 50.7 Å². The first-order valence-electron chi connectivity index (χ1n) is 9.86. The van der Waals surface area contributed by atoms with Crippen molar-refractivity contribution in [2.75, 3.05) is 6.54 Å². The third-order valence-electron chi connectivity index (χ3n) is 10.4. The van der Waals surface area contributed by atoms with Crippen molar-refractivity contribution in [3.8, 4) is 0 Å². The average molecular weight is 329 g/mol. The monoisotopic (exact) mass is 329 g/mol. The number of hydrogen-bond acceptors (Lipinski definition) is 4. The molecule has 130 valence electrons. The molecule has 6 saturated carbocycles. The zero-order chi connectivity index (χ0) is 16.4. The molecule has 3 N–H and O–H groups in total. The summed E-state index contributed by atoms with van der Waals surface area (Å²) in [5.41, 5.74) is -0.0153. The van der Waals surface area contributed by atoms with Crippen LogP contribution in [0.1, 0.15) is 39.0 Å². The van der Waals surface area contributed by atoms with Crippen molar-refractivity contribution in [1.82, 2.24) is 4.90 Å². The molecule has 0 amide bonds. The van der Waals surface area contributed by atoms with Crippen molar-refractivity contribution in [1.29, 1.82) is 0 Å². The van der Waals surface area contributed by atoms with E-state index in [1.54, 1.807) is 0 Å². The summed E-state index contributed by atoms with van der Waals surface area (Å²) < 4.78 is 0. The van der Waals surface area contributed by atoms with Crippen LogP contribution in [0.3, 0.4) is 0 Å². The number of hydrogen-bond donors (Lipinski definition) is 3. The third-order valence-corrected chi connectivity index (χ3v) is 10.4. The second-order valence-electron chi connectivity index (χ2n) is 10.7. The molecule has 9 rings (SSSR count). The lowest BCUT2D eigenvalue weighted by Gasteiger charge is -2.67. The Kier molecular flexibility index (Phi) is 1.88. The molecule has 2 spiro atoms. The van der Waals surface area contributed by atoms with Crippen molar-refractivity contribution < 1.29 is 15.3 Å². The van der Waals surface area contributed by atoms with Crippen LogP contribution in [0.4, 0.5) is 0 Å². The number of rotatable bonds is 0. The fraction of sp³-hybridized carbons (Fsp3) is 0.900. The molecule has 0 aromatic heterocycles. The van der Waals surface area contributed by atoms with Crippen LogP contribution < -0.4 is 0 Å². The lowest BCUT2D eigenvalue weighted by atomic mass is 9.39. The van der Waals surface area contributed by atoms with E-state index in [1.807, 2.05) is 0 Å². The predicted octanol–water partition coefficient (Wildman–Crippen LogP) is 1.11. The number of aliphatic hydroxyl groups is 3. The minimum atomic E-state index is -0.752. The van der Waals surface area contributed by atoms with Crippen LogP contribution >= 0.6 is 0 Å². The highest BCUT2D eigenvalue weighted by Gasteiger charge is 2.93. The summed E-state index contributed by atoms with van der Waals surface area (Å²) in [5.74, 6) is 0.946. The second-order valence-corrected chi connectivity index (χ2v) is 10.7. The largest absolute Gasteiger partial charge is 0.392 e. The first-order chi connectivity index (χ1) is 11.3. The molecule has 4 heteroatoms. The van der Waals surface area contributed by atoms with Gasteiger partial charge in [-0.2, -0.15) is 0 Å². The van der Waals surface area contributed by atoms with Crippen molar-refractivity contribution in [2.24, 2.45) is 39.9 Å². The standard InChI is InChI=1S/C20H27NO3/c1-9-10-6-11-14-18-5-3-4-17(2)8-21(14)20(24,16(17)18)7-19(11,15(9)23)13(18)12(10)22/h10-16,22-24H,1,3-8H2,2H3/t10?,11?,12-,13-,14?,15+,16+,17-,18-,19?,20-/m1/s1. The number of piperidine rings is 2. The summed E-state index contributed by atoms with van der Waals surface area (Å²) in [7, 11) is 0. The minimum absolute atomic E-state index is 0.0266.